The maximum Gasteiger partial charge on any atom is 0.216 e. The van der Waals surface area contributed by atoms with Gasteiger partial charge in [-0.25, -0.2) is 0 Å². The average molecular weight is 209 g/mol. The van der Waals surface area contributed by atoms with E-state index < -0.39 is 0 Å². The number of carbonyl (C=O) groups is 1. The standard InChI is InChI=1S/C10H13NO.C3H8.H2/c1-9(12)11-8-7-10-5-3-2-4-6-10;1-3-2;/h2-6H,7-8H2,1H3,(H,11,12);3H2,1-2H3;1H. The van der Waals surface area contributed by atoms with E-state index in [1.807, 2.05) is 18.2 Å². The highest BCUT2D eigenvalue weighted by Gasteiger charge is 1.92. The molecule has 0 aliphatic heterocycles. The van der Waals surface area contributed by atoms with Gasteiger partial charge in [0.1, 0.15) is 0 Å². The molecule has 1 aromatic carbocycles. The third-order valence-electron chi connectivity index (χ3n) is 1.63. The Morgan fingerprint density at radius 3 is 2.27 bits per heavy atom. The molecule has 0 aliphatic carbocycles. The molecule has 0 spiro atoms. The molecule has 0 fully saturated rings. The van der Waals surface area contributed by atoms with Gasteiger partial charge >= 0.3 is 0 Å². The Morgan fingerprint density at radius 2 is 1.80 bits per heavy atom. The Morgan fingerprint density at radius 1 is 1.27 bits per heavy atom. The van der Waals surface area contributed by atoms with Gasteiger partial charge < -0.3 is 5.32 Å². The maximum atomic E-state index is 10.5. The van der Waals surface area contributed by atoms with Crippen molar-refractivity contribution < 1.29 is 6.22 Å². The van der Waals surface area contributed by atoms with Crippen molar-refractivity contribution in [2.75, 3.05) is 6.54 Å². The van der Waals surface area contributed by atoms with Crippen molar-refractivity contribution in [3.8, 4) is 0 Å². The monoisotopic (exact) mass is 209 g/mol. The minimum absolute atomic E-state index is 0. The van der Waals surface area contributed by atoms with E-state index in [1.54, 1.807) is 0 Å². The van der Waals surface area contributed by atoms with E-state index in [-0.39, 0.29) is 7.33 Å². The molecule has 1 amide bonds. The minimum atomic E-state index is 0. The van der Waals surface area contributed by atoms with Crippen LogP contribution < -0.4 is 5.32 Å². The van der Waals surface area contributed by atoms with E-state index in [0.29, 0.717) is 0 Å². The number of nitrogens with one attached hydrogen (secondary N) is 1. The number of amides is 1. The van der Waals surface area contributed by atoms with E-state index in [1.165, 1.54) is 18.9 Å². The smallest absolute Gasteiger partial charge is 0.216 e. The highest BCUT2D eigenvalue weighted by atomic mass is 16.1. The Labute approximate surface area is 94.2 Å². The Kier molecular flexibility index (Phi) is 8.44. The average Bonchev–Trinajstić information content (AvgIpc) is 2.20. The van der Waals surface area contributed by atoms with Crippen molar-refractivity contribution in [2.24, 2.45) is 0 Å². The molecule has 0 aliphatic rings. The first-order valence-corrected chi connectivity index (χ1v) is 5.49. The topological polar surface area (TPSA) is 29.1 Å². The Hall–Kier alpha value is -1.31. The molecule has 0 atom stereocenters. The third-order valence-corrected chi connectivity index (χ3v) is 1.63. The van der Waals surface area contributed by atoms with Gasteiger partial charge in [-0.2, -0.15) is 0 Å². The summed E-state index contributed by atoms with van der Waals surface area (Å²) in [6.07, 6.45) is 2.15. The van der Waals surface area contributed by atoms with Crippen molar-refractivity contribution in [1.29, 1.82) is 0 Å². The van der Waals surface area contributed by atoms with E-state index in [4.69, 9.17) is 0 Å². The van der Waals surface area contributed by atoms with Crippen LogP contribution in [0.3, 0.4) is 0 Å². The van der Waals surface area contributed by atoms with Crippen LogP contribution in [0.1, 0.15) is 34.2 Å². The van der Waals surface area contributed by atoms with Crippen molar-refractivity contribution >= 4 is 5.91 Å². The van der Waals surface area contributed by atoms with Gasteiger partial charge in [0, 0.05) is 14.9 Å². The second-order valence-electron chi connectivity index (χ2n) is 3.43. The molecule has 0 unspecified atom stereocenters. The molecule has 0 radical (unpaired) electrons. The van der Waals surface area contributed by atoms with E-state index >= 15 is 0 Å². The largest absolute Gasteiger partial charge is 0.356 e. The van der Waals surface area contributed by atoms with Crippen LogP contribution in [0.25, 0.3) is 0 Å². The summed E-state index contributed by atoms with van der Waals surface area (Å²) in [5, 5.41) is 2.76. The van der Waals surface area contributed by atoms with E-state index in [9.17, 15) is 4.79 Å². The number of carbonyl (C=O) groups excluding carboxylic acids is 1. The van der Waals surface area contributed by atoms with Gasteiger partial charge in [-0.3, -0.25) is 4.79 Å². The van der Waals surface area contributed by atoms with Crippen molar-refractivity contribution in [3.63, 3.8) is 0 Å². The lowest BCUT2D eigenvalue weighted by molar-refractivity contribution is -0.118. The van der Waals surface area contributed by atoms with Crippen LogP contribution in [-0.4, -0.2) is 12.5 Å². The second kappa shape index (κ2) is 9.25. The number of hydrogen-bond acceptors (Lipinski definition) is 1. The zero-order chi connectivity index (χ0) is 11.5. The highest BCUT2D eigenvalue weighted by Crippen LogP contribution is 1.97. The summed E-state index contributed by atoms with van der Waals surface area (Å²) >= 11 is 0. The highest BCUT2D eigenvalue weighted by molar-refractivity contribution is 5.72. The fraction of sp³-hybridized carbons (Fsp3) is 0.462. The first kappa shape index (κ1) is 13.7. The molecule has 86 valence electrons. The zero-order valence-corrected chi connectivity index (χ0v) is 9.92. The molecule has 0 saturated heterocycles. The zero-order valence-electron chi connectivity index (χ0n) is 9.92. The predicted molar refractivity (Wildman–Crippen MR) is 66.9 cm³/mol. The quantitative estimate of drug-likeness (QED) is 0.814. The lowest BCUT2D eigenvalue weighted by Gasteiger charge is -2.01. The molecule has 1 rings (SSSR count). The van der Waals surface area contributed by atoms with Crippen LogP contribution in [0, 0.1) is 0 Å². The molecule has 0 heterocycles. The van der Waals surface area contributed by atoms with E-state index in [0.717, 1.165) is 13.0 Å². The Balaban J connectivity index is 0. The van der Waals surface area contributed by atoms with Crippen LogP contribution in [0.2, 0.25) is 0 Å². The summed E-state index contributed by atoms with van der Waals surface area (Å²) in [5.74, 6) is 0.0333. The van der Waals surface area contributed by atoms with Crippen LogP contribution in [0.5, 0.6) is 0 Å². The Bertz CT molecular complexity index is 262. The normalized spacial score (nSPS) is 8.73. The van der Waals surface area contributed by atoms with Gasteiger partial charge in [0.15, 0.2) is 0 Å². The molecule has 2 nitrogen and oxygen atoms in total. The minimum Gasteiger partial charge on any atom is -0.356 e. The lowest BCUT2D eigenvalue weighted by atomic mass is 10.1. The summed E-state index contributed by atoms with van der Waals surface area (Å²) in [4.78, 5) is 10.5. The van der Waals surface area contributed by atoms with Gasteiger partial charge in [0.05, 0.1) is 0 Å². The summed E-state index contributed by atoms with van der Waals surface area (Å²) < 4.78 is 0. The molecular formula is C13H23NO. The molecule has 1 aromatic rings. The number of rotatable bonds is 3. The molecule has 2 heteroatoms. The molecule has 15 heavy (non-hydrogen) atoms. The third kappa shape index (κ3) is 9.01. The molecular weight excluding hydrogens is 186 g/mol. The summed E-state index contributed by atoms with van der Waals surface area (Å²) in [5.41, 5.74) is 1.26. The van der Waals surface area contributed by atoms with Crippen molar-refractivity contribution in [1.82, 2.24) is 5.32 Å². The van der Waals surface area contributed by atoms with Gasteiger partial charge in [0.2, 0.25) is 5.91 Å². The van der Waals surface area contributed by atoms with Crippen LogP contribution in [0.15, 0.2) is 30.3 Å². The summed E-state index contributed by atoms with van der Waals surface area (Å²) in [6.45, 7) is 6.50. The van der Waals surface area contributed by atoms with Crippen LogP contribution >= 0.6 is 0 Å². The fourth-order valence-electron chi connectivity index (χ4n) is 1.03. The SMILES string of the molecule is CC(=O)NCCc1ccccc1.CCC.[HH]. The summed E-state index contributed by atoms with van der Waals surface area (Å²) in [6, 6.07) is 10.1. The van der Waals surface area contributed by atoms with Crippen LogP contribution in [0.4, 0.5) is 0 Å². The first-order chi connectivity index (χ1) is 7.20. The molecule has 0 aromatic heterocycles. The van der Waals surface area contributed by atoms with Crippen molar-refractivity contribution in [3.05, 3.63) is 35.9 Å². The fourth-order valence-corrected chi connectivity index (χ4v) is 1.03. The molecule has 0 bridgehead atoms. The van der Waals surface area contributed by atoms with Crippen LogP contribution in [-0.2, 0) is 11.2 Å². The molecule has 0 saturated carbocycles. The van der Waals surface area contributed by atoms with Gasteiger partial charge in [-0.15, -0.1) is 0 Å². The number of benzene rings is 1. The first-order valence-electron chi connectivity index (χ1n) is 5.49. The van der Waals surface area contributed by atoms with Gasteiger partial charge in [-0.1, -0.05) is 50.6 Å². The number of hydrogen-bond donors (Lipinski definition) is 1. The maximum absolute atomic E-state index is 10.5. The van der Waals surface area contributed by atoms with E-state index in [2.05, 4.69) is 31.3 Å². The van der Waals surface area contributed by atoms with Gasteiger partial charge in [-0.05, 0) is 12.0 Å². The predicted octanol–water partition coefficient (Wildman–Crippen LogP) is 3.03. The second-order valence-corrected chi connectivity index (χ2v) is 3.43. The molecule has 1 N–H and O–H groups in total. The van der Waals surface area contributed by atoms with Gasteiger partial charge in [0.25, 0.3) is 0 Å². The summed E-state index contributed by atoms with van der Waals surface area (Å²) in [7, 11) is 0. The van der Waals surface area contributed by atoms with Crippen molar-refractivity contribution in [2.45, 2.75) is 33.6 Å². The lowest BCUT2D eigenvalue weighted by Crippen LogP contribution is -2.22.